The van der Waals surface area contributed by atoms with Gasteiger partial charge in [0, 0.05) is 6.20 Å². The van der Waals surface area contributed by atoms with Crippen molar-refractivity contribution in [1.82, 2.24) is 14.4 Å². The molecule has 0 saturated carbocycles. The lowest BCUT2D eigenvalue weighted by molar-refractivity contribution is 1.09. The van der Waals surface area contributed by atoms with Gasteiger partial charge in [-0.25, -0.2) is 9.97 Å². The summed E-state index contributed by atoms with van der Waals surface area (Å²) in [7, 11) is 0. The number of fused-ring (bicyclic) bond motifs is 1. The van der Waals surface area contributed by atoms with Gasteiger partial charge >= 0.3 is 0 Å². The number of nitrogen functional groups attached to an aromatic ring is 1. The summed E-state index contributed by atoms with van der Waals surface area (Å²) in [6.45, 7) is 0. The summed E-state index contributed by atoms with van der Waals surface area (Å²) in [5.74, 6) is 0.591. The van der Waals surface area contributed by atoms with Crippen molar-refractivity contribution in [2.24, 2.45) is 0 Å². The zero-order valence-corrected chi connectivity index (χ0v) is 9.00. The number of nitrogens with zero attached hydrogens (tertiary/aromatic N) is 3. The Balaban J connectivity index is 2.92. The van der Waals surface area contributed by atoms with Gasteiger partial charge in [-0.15, -0.1) is 0 Å². The molecule has 2 aromatic heterocycles. The van der Waals surface area contributed by atoms with Crippen LogP contribution >= 0.6 is 31.9 Å². The highest BCUT2D eigenvalue weighted by atomic mass is 79.9. The third-order valence-electron chi connectivity index (χ3n) is 1.45. The number of rotatable bonds is 0. The Bertz CT molecular complexity index is 436. The first-order chi connectivity index (χ1) is 5.68. The van der Waals surface area contributed by atoms with Gasteiger partial charge in [0.25, 0.3) is 0 Å². The summed E-state index contributed by atoms with van der Waals surface area (Å²) >= 11 is 6.54. The van der Waals surface area contributed by atoms with E-state index < -0.39 is 0 Å². The molecule has 0 aliphatic heterocycles. The van der Waals surface area contributed by atoms with Gasteiger partial charge < -0.3 is 5.73 Å². The van der Waals surface area contributed by atoms with E-state index in [4.69, 9.17) is 5.73 Å². The first kappa shape index (κ1) is 8.00. The summed E-state index contributed by atoms with van der Waals surface area (Å²) in [6, 6.07) is 0. The molecular weight excluding hydrogens is 288 g/mol. The van der Waals surface area contributed by atoms with Crippen LogP contribution in [-0.4, -0.2) is 14.4 Å². The van der Waals surface area contributed by atoms with E-state index in [1.807, 2.05) is 0 Å². The lowest BCUT2D eigenvalue weighted by Gasteiger charge is -1.98. The number of halogens is 2. The van der Waals surface area contributed by atoms with Crippen LogP contribution in [0.3, 0.4) is 0 Å². The summed E-state index contributed by atoms with van der Waals surface area (Å²) < 4.78 is 3.14. The zero-order chi connectivity index (χ0) is 8.72. The molecule has 2 rings (SSSR count). The van der Waals surface area contributed by atoms with E-state index in [2.05, 4.69) is 41.8 Å². The van der Waals surface area contributed by atoms with Crippen LogP contribution in [0.15, 0.2) is 21.6 Å². The second kappa shape index (κ2) is 2.70. The average Bonchev–Trinajstić information content (AvgIpc) is 2.33. The molecule has 0 unspecified atom stereocenters. The summed E-state index contributed by atoms with van der Waals surface area (Å²) in [4.78, 5) is 8.18. The van der Waals surface area contributed by atoms with Gasteiger partial charge in [-0.2, -0.15) is 0 Å². The lowest BCUT2D eigenvalue weighted by atomic mass is 10.7. The van der Waals surface area contributed by atoms with Crippen molar-refractivity contribution >= 4 is 43.3 Å². The largest absolute Gasteiger partial charge is 0.383 e. The Morgan fingerprint density at radius 1 is 1.42 bits per heavy atom. The fraction of sp³-hybridized carbons (Fsp3) is 0. The molecule has 0 aliphatic carbocycles. The van der Waals surface area contributed by atoms with Crippen LogP contribution in [0.1, 0.15) is 0 Å². The second-order valence-corrected chi connectivity index (χ2v) is 3.79. The summed E-state index contributed by atoms with van der Waals surface area (Å²) in [6.07, 6.45) is 3.36. The fourth-order valence-electron chi connectivity index (χ4n) is 0.941. The van der Waals surface area contributed by atoms with Crippen molar-refractivity contribution in [3.05, 3.63) is 21.6 Å². The molecule has 12 heavy (non-hydrogen) atoms. The van der Waals surface area contributed by atoms with Crippen molar-refractivity contribution in [2.75, 3.05) is 5.73 Å². The Morgan fingerprint density at radius 3 is 2.92 bits per heavy atom. The lowest BCUT2D eigenvalue weighted by Crippen LogP contribution is -1.94. The maximum absolute atomic E-state index is 5.64. The van der Waals surface area contributed by atoms with E-state index >= 15 is 0 Å². The van der Waals surface area contributed by atoms with Crippen LogP contribution in [0, 0.1) is 0 Å². The predicted molar refractivity (Wildman–Crippen MR) is 52.8 cm³/mol. The number of nitrogens with two attached hydrogens (primary N) is 1. The topological polar surface area (TPSA) is 56.2 Å². The van der Waals surface area contributed by atoms with E-state index in [1.54, 1.807) is 16.8 Å². The minimum atomic E-state index is 0.591. The molecule has 0 fully saturated rings. The number of hydrogen-bond acceptors (Lipinski definition) is 3. The Hall–Kier alpha value is -0.620. The highest BCUT2D eigenvalue weighted by Crippen LogP contribution is 2.19. The van der Waals surface area contributed by atoms with Gasteiger partial charge in [0.2, 0.25) is 0 Å². The number of anilines is 1. The highest BCUT2D eigenvalue weighted by molar-refractivity contribution is 9.11. The standard InChI is InChI=1S/C6H4Br2N4/c7-3-2-12-4(9)1-10-6(12)5(8)11-3/h1-2H,9H2. The third-order valence-corrected chi connectivity index (χ3v) is 2.36. The van der Waals surface area contributed by atoms with Crippen LogP contribution in [0.2, 0.25) is 0 Å². The molecule has 4 nitrogen and oxygen atoms in total. The molecule has 0 bridgehead atoms. The molecule has 2 N–H and O–H groups in total. The van der Waals surface area contributed by atoms with E-state index in [0.29, 0.717) is 15.0 Å². The van der Waals surface area contributed by atoms with Crippen molar-refractivity contribution in [1.29, 1.82) is 0 Å². The van der Waals surface area contributed by atoms with Gasteiger partial charge in [-0.1, -0.05) is 0 Å². The van der Waals surface area contributed by atoms with Crippen molar-refractivity contribution < 1.29 is 0 Å². The molecule has 2 aromatic rings. The molecule has 0 amide bonds. The molecule has 2 heterocycles. The molecule has 0 radical (unpaired) electrons. The van der Waals surface area contributed by atoms with Crippen LogP contribution in [-0.2, 0) is 0 Å². The quantitative estimate of drug-likeness (QED) is 0.806. The monoisotopic (exact) mass is 290 g/mol. The van der Waals surface area contributed by atoms with E-state index in [9.17, 15) is 0 Å². The third kappa shape index (κ3) is 1.11. The average molecular weight is 292 g/mol. The van der Waals surface area contributed by atoms with Crippen LogP contribution in [0.4, 0.5) is 5.82 Å². The van der Waals surface area contributed by atoms with Gasteiger partial charge in [0.1, 0.15) is 10.4 Å². The molecule has 6 heteroatoms. The minimum Gasteiger partial charge on any atom is -0.383 e. The Morgan fingerprint density at radius 2 is 2.17 bits per heavy atom. The smallest absolute Gasteiger partial charge is 0.171 e. The second-order valence-electron chi connectivity index (χ2n) is 2.23. The summed E-state index contributed by atoms with van der Waals surface area (Å²) in [5.41, 5.74) is 6.36. The molecule has 0 spiro atoms. The van der Waals surface area contributed by atoms with E-state index in [1.165, 1.54) is 0 Å². The Labute approximate surface area is 85.1 Å². The molecular formula is C6H4Br2N4. The fourth-order valence-corrected chi connectivity index (χ4v) is 2.05. The van der Waals surface area contributed by atoms with Gasteiger partial charge in [-0.05, 0) is 31.9 Å². The molecule has 0 saturated heterocycles. The Kier molecular flexibility index (Phi) is 1.80. The van der Waals surface area contributed by atoms with Gasteiger partial charge in [0.05, 0.1) is 6.20 Å². The molecule has 0 aromatic carbocycles. The van der Waals surface area contributed by atoms with Crippen LogP contribution in [0.5, 0.6) is 0 Å². The first-order valence-electron chi connectivity index (χ1n) is 3.13. The first-order valence-corrected chi connectivity index (χ1v) is 4.71. The maximum atomic E-state index is 5.64. The van der Waals surface area contributed by atoms with E-state index in [-0.39, 0.29) is 0 Å². The number of hydrogen-bond donors (Lipinski definition) is 1. The van der Waals surface area contributed by atoms with Crippen molar-refractivity contribution in [3.63, 3.8) is 0 Å². The van der Waals surface area contributed by atoms with Crippen molar-refractivity contribution in [3.8, 4) is 0 Å². The van der Waals surface area contributed by atoms with Crippen molar-refractivity contribution in [2.45, 2.75) is 0 Å². The highest BCUT2D eigenvalue weighted by Gasteiger charge is 2.05. The van der Waals surface area contributed by atoms with Gasteiger partial charge in [0.15, 0.2) is 10.3 Å². The normalized spacial score (nSPS) is 10.8. The van der Waals surface area contributed by atoms with Gasteiger partial charge in [-0.3, -0.25) is 4.40 Å². The molecule has 0 aliphatic rings. The van der Waals surface area contributed by atoms with Crippen LogP contribution < -0.4 is 5.73 Å². The van der Waals surface area contributed by atoms with Crippen LogP contribution in [0.25, 0.3) is 5.65 Å². The molecule has 62 valence electrons. The zero-order valence-electron chi connectivity index (χ0n) is 5.83. The number of aromatic nitrogens is 3. The minimum absolute atomic E-state index is 0.591. The molecule has 0 atom stereocenters. The SMILES string of the molecule is Nc1cnc2c(Br)nc(Br)cn12. The predicted octanol–water partition coefficient (Wildman–Crippen LogP) is 1.84. The maximum Gasteiger partial charge on any atom is 0.171 e. The summed E-state index contributed by atoms with van der Waals surface area (Å²) in [5, 5.41) is 0. The van der Waals surface area contributed by atoms with E-state index in [0.717, 1.165) is 5.65 Å². The number of imidazole rings is 1.